The molecule has 0 aliphatic rings. The number of hydrogen-bond donors (Lipinski definition) is 1. The molecule has 0 aliphatic heterocycles. The van der Waals surface area contributed by atoms with Gasteiger partial charge in [0, 0.05) is 6.61 Å². The van der Waals surface area contributed by atoms with Crippen molar-refractivity contribution in [2.45, 2.75) is 20.0 Å². The maximum atomic E-state index is 11.2. The Labute approximate surface area is 93.8 Å². The third-order valence-electron chi connectivity index (χ3n) is 1.68. The molecular weight excluding hydrogens is 218 g/mol. The third-order valence-corrected chi connectivity index (χ3v) is 3.86. The molecule has 1 atom stereocenters. The molecule has 14 heavy (non-hydrogen) atoms. The normalized spacial score (nSPS) is 12.3. The summed E-state index contributed by atoms with van der Waals surface area (Å²) in [5.74, 6) is -0.398. The van der Waals surface area contributed by atoms with Crippen LogP contribution in [-0.2, 0) is 9.53 Å². The van der Waals surface area contributed by atoms with Crippen molar-refractivity contribution in [2.75, 3.05) is 19.1 Å². The van der Waals surface area contributed by atoms with Crippen molar-refractivity contribution in [2.24, 2.45) is 5.73 Å². The van der Waals surface area contributed by atoms with Crippen molar-refractivity contribution in [1.29, 1.82) is 0 Å². The maximum Gasteiger partial charge on any atom is 0.248 e. The van der Waals surface area contributed by atoms with Crippen molar-refractivity contribution in [3.63, 3.8) is 0 Å². The molecular formula is C9H17NO2S2. The first-order valence-electron chi connectivity index (χ1n) is 4.32. The van der Waals surface area contributed by atoms with Crippen LogP contribution in [0.5, 0.6) is 0 Å². The van der Waals surface area contributed by atoms with Gasteiger partial charge in [0.25, 0.3) is 0 Å². The Hall–Kier alpha value is -0.130. The van der Waals surface area contributed by atoms with Gasteiger partial charge in [-0.25, -0.2) is 0 Å². The summed E-state index contributed by atoms with van der Waals surface area (Å²) in [7, 11) is 0. The smallest absolute Gasteiger partial charge is 0.248 e. The Morgan fingerprint density at radius 3 is 2.21 bits per heavy atom. The predicted octanol–water partition coefficient (Wildman–Crippen LogP) is 1.83. The summed E-state index contributed by atoms with van der Waals surface area (Å²) in [5.41, 5.74) is 5.89. The molecule has 0 saturated heterocycles. The van der Waals surface area contributed by atoms with E-state index in [2.05, 4.69) is 0 Å². The molecule has 0 aromatic rings. The van der Waals surface area contributed by atoms with Crippen LogP contribution in [0, 0.1) is 0 Å². The standard InChI is InChI=1S/C9H17NO2S2/c1-5-12-6(2)7(8(10)11)9(13-3)14-4/h6H,5H2,1-4H3,(H2,10,11)/t6-/m0/s1. The van der Waals surface area contributed by atoms with Crippen molar-refractivity contribution in [1.82, 2.24) is 0 Å². The third kappa shape index (κ3) is 3.94. The largest absolute Gasteiger partial charge is 0.374 e. The topological polar surface area (TPSA) is 52.3 Å². The van der Waals surface area contributed by atoms with Crippen molar-refractivity contribution < 1.29 is 9.53 Å². The van der Waals surface area contributed by atoms with Crippen molar-refractivity contribution >= 4 is 29.4 Å². The highest BCUT2D eigenvalue weighted by atomic mass is 32.2. The van der Waals surface area contributed by atoms with E-state index < -0.39 is 5.91 Å². The fourth-order valence-corrected chi connectivity index (χ4v) is 2.74. The minimum Gasteiger partial charge on any atom is -0.374 e. The van der Waals surface area contributed by atoms with Crippen LogP contribution in [0.3, 0.4) is 0 Å². The number of amides is 1. The number of ether oxygens (including phenoxy) is 1. The summed E-state index contributed by atoms with van der Waals surface area (Å²) in [5, 5.41) is 0. The van der Waals surface area contributed by atoms with Crippen LogP contribution in [0.1, 0.15) is 13.8 Å². The molecule has 3 nitrogen and oxygen atoms in total. The summed E-state index contributed by atoms with van der Waals surface area (Å²) in [4.78, 5) is 11.2. The van der Waals surface area contributed by atoms with Gasteiger partial charge < -0.3 is 10.5 Å². The van der Waals surface area contributed by atoms with Crippen LogP contribution in [0.2, 0.25) is 0 Å². The summed E-state index contributed by atoms with van der Waals surface area (Å²) in [6.07, 6.45) is 3.62. The van der Waals surface area contributed by atoms with E-state index in [-0.39, 0.29) is 6.10 Å². The van der Waals surface area contributed by atoms with Gasteiger partial charge >= 0.3 is 0 Å². The van der Waals surface area contributed by atoms with Crippen molar-refractivity contribution in [3.05, 3.63) is 9.81 Å². The molecule has 2 N–H and O–H groups in total. The first-order chi connectivity index (χ1) is 6.58. The van der Waals surface area contributed by atoms with Gasteiger partial charge in [-0.2, -0.15) is 0 Å². The van der Waals surface area contributed by atoms with Crippen LogP contribution in [0.4, 0.5) is 0 Å². The predicted molar refractivity (Wildman–Crippen MR) is 64.3 cm³/mol. The Morgan fingerprint density at radius 1 is 1.43 bits per heavy atom. The Bertz CT molecular complexity index is 223. The summed E-state index contributed by atoms with van der Waals surface area (Å²) in [6.45, 7) is 4.32. The number of carbonyl (C=O) groups is 1. The van der Waals surface area contributed by atoms with Crippen LogP contribution >= 0.6 is 23.5 Å². The summed E-state index contributed by atoms with van der Waals surface area (Å²) >= 11 is 3.04. The lowest BCUT2D eigenvalue weighted by atomic mass is 10.2. The van der Waals surface area contributed by atoms with Crippen LogP contribution in [-0.4, -0.2) is 31.1 Å². The highest BCUT2D eigenvalue weighted by molar-refractivity contribution is 8.21. The first kappa shape index (κ1) is 13.9. The lowest BCUT2D eigenvalue weighted by molar-refractivity contribution is -0.115. The molecule has 0 heterocycles. The second-order valence-corrected chi connectivity index (χ2v) is 4.46. The summed E-state index contributed by atoms with van der Waals surface area (Å²) in [6, 6.07) is 0. The molecule has 0 saturated carbocycles. The molecule has 82 valence electrons. The van der Waals surface area contributed by atoms with E-state index in [1.807, 2.05) is 26.4 Å². The Morgan fingerprint density at radius 2 is 1.93 bits per heavy atom. The maximum absolute atomic E-state index is 11.2. The molecule has 0 rings (SSSR count). The van der Waals surface area contributed by atoms with E-state index >= 15 is 0 Å². The average Bonchev–Trinajstić information content (AvgIpc) is 2.13. The van der Waals surface area contributed by atoms with Gasteiger partial charge in [0.15, 0.2) is 0 Å². The Kier molecular flexibility index (Phi) is 7.13. The monoisotopic (exact) mass is 235 g/mol. The lowest BCUT2D eigenvalue weighted by Crippen LogP contribution is -2.25. The Balaban J connectivity index is 4.90. The lowest BCUT2D eigenvalue weighted by Gasteiger charge is -2.16. The molecule has 0 spiro atoms. The molecule has 0 radical (unpaired) electrons. The minimum atomic E-state index is -0.398. The quantitative estimate of drug-likeness (QED) is 0.714. The molecule has 0 aromatic carbocycles. The number of rotatable bonds is 6. The zero-order valence-electron chi connectivity index (χ0n) is 8.99. The molecule has 0 aromatic heterocycles. The van der Waals surface area contributed by atoms with Gasteiger partial charge in [-0.3, -0.25) is 4.79 Å². The fourth-order valence-electron chi connectivity index (χ4n) is 1.10. The number of carbonyl (C=O) groups excluding carboxylic acids is 1. The molecule has 1 amide bonds. The van der Waals surface area contributed by atoms with E-state index in [9.17, 15) is 4.79 Å². The first-order valence-corrected chi connectivity index (χ1v) is 6.76. The number of hydrogen-bond acceptors (Lipinski definition) is 4. The van der Waals surface area contributed by atoms with Gasteiger partial charge in [-0.15, -0.1) is 23.5 Å². The van der Waals surface area contributed by atoms with Crippen LogP contribution < -0.4 is 5.73 Å². The second kappa shape index (κ2) is 7.20. The zero-order valence-corrected chi connectivity index (χ0v) is 10.6. The van der Waals surface area contributed by atoms with Crippen LogP contribution in [0.25, 0.3) is 0 Å². The molecule has 0 fully saturated rings. The van der Waals surface area contributed by atoms with E-state index in [1.54, 1.807) is 0 Å². The van der Waals surface area contributed by atoms with E-state index in [1.165, 1.54) is 23.5 Å². The summed E-state index contributed by atoms with van der Waals surface area (Å²) < 4.78 is 6.29. The van der Waals surface area contributed by atoms with E-state index in [0.29, 0.717) is 12.2 Å². The number of primary amides is 1. The molecule has 0 unspecified atom stereocenters. The van der Waals surface area contributed by atoms with Gasteiger partial charge in [-0.1, -0.05) is 0 Å². The molecule has 5 heteroatoms. The van der Waals surface area contributed by atoms with Gasteiger partial charge in [0.05, 0.1) is 15.9 Å². The molecule has 0 bridgehead atoms. The zero-order chi connectivity index (χ0) is 11.1. The highest BCUT2D eigenvalue weighted by Gasteiger charge is 2.19. The van der Waals surface area contributed by atoms with E-state index in [0.717, 1.165) is 4.24 Å². The van der Waals surface area contributed by atoms with Gasteiger partial charge in [0.1, 0.15) is 0 Å². The van der Waals surface area contributed by atoms with Crippen LogP contribution in [0.15, 0.2) is 9.81 Å². The molecule has 0 aliphatic carbocycles. The highest BCUT2D eigenvalue weighted by Crippen LogP contribution is 2.29. The number of nitrogens with two attached hydrogens (primary N) is 1. The van der Waals surface area contributed by atoms with E-state index in [4.69, 9.17) is 10.5 Å². The van der Waals surface area contributed by atoms with Gasteiger partial charge in [-0.05, 0) is 26.4 Å². The second-order valence-electron chi connectivity index (χ2n) is 2.57. The van der Waals surface area contributed by atoms with Crippen molar-refractivity contribution in [3.8, 4) is 0 Å². The SMILES string of the molecule is CCO[C@@H](C)C(C(N)=O)=C(SC)SC. The van der Waals surface area contributed by atoms with Gasteiger partial charge in [0.2, 0.25) is 5.91 Å². The number of thioether (sulfide) groups is 2. The fraction of sp³-hybridized carbons (Fsp3) is 0.667. The minimum absolute atomic E-state index is 0.229. The average molecular weight is 235 g/mol.